The highest BCUT2D eigenvalue weighted by atomic mass is 19.3. The van der Waals surface area contributed by atoms with Crippen molar-refractivity contribution in [2.75, 3.05) is 26.4 Å². The summed E-state index contributed by atoms with van der Waals surface area (Å²) >= 11 is 0. The van der Waals surface area contributed by atoms with E-state index in [1.165, 1.54) is 11.1 Å². The van der Waals surface area contributed by atoms with Gasteiger partial charge in [0.15, 0.2) is 30.0 Å². The lowest BCUT2D eigenvalue weighted by atomic mass is 9.80. The lowest BCUT2D eigenvalue weighted by Crippen LogP contribution is -2.46. The largest absolute Gasteiger partial charge is 0.432 e. The van der Waals surface area contributed by atoms with E-state index >= 15 is 0 Å². The topological polar surface area (TPSA) is 46.2 Å². The summed E-state index contributed by atoms with van der Waals surface area (Å²) in [6.45, 7) is 3.90. The molecule has 1 saturated carbocycles. The summed E-state index contributed by atoms with van der Waals surface area (Å²) < 4.78 is 97.7. The molecule has 10 heteroatoms. The predicted molar refractivity (Wildman–Crippen MR) is 126 cm³/mol. The van der Waals surface area contributed by atoms with Gasteiger partial charge in [0.05, 0.1) is 38.3 Å². The van der Waals surface area contributed by atoms with Gasteiger partial charge in [-0.3, -0.25) is 0 Å². The van der Waals surface area contributed by atoms with Crippen LogP contribution >= 0.6 is 0 Å². The van der Waals surface area contributed by atoms with Crippen LogP contribution in [-0.2, 0) is 18.9 Å². The van der Waals surface area contributed by atoms with Crippen LogP contribution in [0.15, 0.2) is 36.4 Å². The van der Waals surface area contributed by atoms with Gasteiger partial charge in [0.2, 0.25) is 0 Å². The minimum absolute atomic E-state index is 0.0668. The first kappa shape index (κ1) is 27.3. The van der Waals surface area contributed by atoms with Gasteiger partial charge in [0, 0.05) is 24.0 Å². The highest BCUT2D eigenvalue weighted by Gasteiger charge is 2.46. The van der Waals surface area contributed by atoms with Gasteiger partial charge in [-0.1, -0.05) is 29.8 Å². The van der Waals surface area contributed by atoms with Crippen molar-refractivity contribution in [2.24, 2.45) is 17.8 Å². The van der Waals surface area contributed by atoms with E-state index in [9.17, 15) is 22.0 Å². The van der Waals surface area contributed by atoms with Crippen LogP contribution < -0.4 is 4.74 Å². The molecule has 0 amide bonds. The highest BCUT2D eigenvalue weighted by Crippen LogP contribution is 2.42. The monoisotopic (exact) mass is 542 g/mol. The van der Waals surface area contributed by atoms with Crippen LogP contribution in [0, 0.1) is 42.1 Å². The maximum absolute atomic E-state index is 14.7. The SMILES string of the molecule is Cc1ccc(C2COC(C3COC(C4CCC(C(F)(F)Oc5cc(F)c(F)c(F)c5)CC4)OC3)OC2)cc1. The second-order valence-electron chi connectivity index (χ2n) is 10.4. The molecule has 2 aliphatic heterocycles. The molecule has 3 aliphatic rings. The summed E-state index contributed by atoms with van der Waals surface area (Å²) in [5.41, 5.74) is 2.37. The molecule has 2 heterocycles. The zero-order valence-electron chi connectivity index (χ0n) is 21.0. The summed E-state index contributed by atoms with van der Waals surface area (Å²) in [7, 11) is 0. The van der Waals surface area contributed by atoms with Gasteiger partial charge in [0.1, 0.15) is 5.75 Å². The number of alkyl halides is 2. The molecule has 0 atom stereocenters. The third kappa shape index (κ3) is 6.14. The fourth-order valence-electron chi connectivity index (χ4n) is 5.34. The molecule has 0 radical (unpaired) electrons. The molecular weight excluding hydrogens is 511 g/mol. The van der Waals surface area contributed by atoms with Crippen LogP contribution in [0.5, 0.6) is 5.75 Å². The Kier molecular flexibility index (Phi) is 8.23. The maximum atomic E-state index is 14.7. The molecule has 2 aromatic carbocycles. The first-order valence-electron chi connectivity index (χ1n) is 12.9. The summed E-state index contributed by atoms with van der Waals surface area (Å²) in [4.78, 5) is 0. The lowest BCUT2D eigenvalue weighted by molar-refractivity contribution is -0.289. The van der Waals surface area contributed by atoms with Crippen molar-refractivity contribution in [1.82, 2.24) is 0 Å². The molecular formula is C28H31F5O5. The van der Waals surface area contributed by atoms with Crippen LogP contribution in [0.2, 0.25) is 0 Å². The molecule has 0 unspecified atom stereocenters. The lowest BCUT2D eigenvalue weighted by Gasteiger charge is -2.41. The van der Waals surface area contributed by atoms with E-state index in [4.69, 9.17) is 18.9 Å². The minimum atomic E-state index is -3.66. The van der Waals surface area contributed by atoms with Crippen LogP contribution in [0.3, 0.4) is 0 Å². The predicted octanol–water partition coefficient (Wildman–Crippen LogP) is 6.34. The van der Waals surface area contributed by atoms with E-state index in [0.29, 0.717) is 51.4 Å². The van der Waals surface area contributed by atoms with E-state index in [-0.39, 0.29) is 30.6 Å². The number of hydrogen-bond acceptors (Lipinski definition) is 5. The smallest absolute Gasteiger partial charge is 0.400 e. The van der Waals surface area contributed by atoms with Crippen LogP contribution in [0.25, 0.3) is 0 Å². The van der Waals surface area contributed by atoms with Crippen LogP contribution in [-0.4, -0.2) is 45.1 Å². The number of ether oxygens (including phenoxy) is 5. The van der Waals surface area contributed by atoms with E-state index in [1.54, 1.807) is 0 Å². The van der Waals surface area contributed by atoms with Gasteiger partial charge in [-0.05, 0) is 38.2 Å². The van der Waals surface area contributed by atoms with Gasteiger partial charge in [0.25, 0.3) is 0 Å². The maximum Gasteiger partial charge on any atom is 0.400 e. The molecule has 5 rings (SSSR count). The fraction of sp³-hybridized carbons (Fsp3) is 0.571. The molecule has 5 nitrogen and oxygen atoms in total. The Morgan fingerprint density at radius 3 is 1.84 bits per heavy atom. The van der Waals surface area contributed by atoms with Crippen LogP contribution in [0.4, 0.5) is 22.0 Å². The summed E-state index contributed by atoms with van der Waals surface area (Å²) in [6.07, 6.45) is -3.53. The molecule has 0 N–H and O–H groups in total. The second-order valence-corrected chi connectivity index (χ2v) is 10.4. The average Bonchev–Trinajstić information content (AvgIpc) is 2.92. The van der Waals surface area contributed by atoms with Gasteiger partial charge in [-0.25, -0.2) is 13.2 Å². The van der Waals surface area contributed by atoms with Crippen LogP contribution in [0.1, 0.15) is 42.7 Å². The first-order valence-corrected chi connectivity index (χ1v) is 12.9. The molecule has 3 fully saturated rings. The quantitative estimate of drug-likeness (QED) is 0.315. The Labute approximate surface area is 218 Å². The zero-order valence-corrected chi connectivity index (χ0v) is 21.0. The summed E-state index contributed by atoms with van der Waals surface area (Å²) in [5, 5.41) is 0. The van der Waals surface area contributed by atoms with Crippen molar-refractivity contribution in [3.63, 3.8) is 0 Å². The summed E-state index contributed by atoms with van der Waals surface area (Å²) in [5.74, 6) is -6.79. The number of aryl methyl sites for hydroxylation is 1. The molecule has 0 spiro atoms. The van der Waals surface area contributed by atoms with Crippen molar-refractivity contribution in [3.05, 3.63) is 65.0 Å². The first-order chi connectivity index (χ1) is 18.2. The van der Waals surface area contributed by atoms with Crippen molar-refractivity contribution >= 4 is 0 Å². The van der Waals surface area contributed by atoms with Crippen molar-refractivity contribution in [2.45, 2.75) is 57.2 Å². The fourth-order valence-corrected chi connectivity index (χ4v) is 5.34. The molecule has 2 aromatic rings. The molecule has 208 valence electrons. The Morgan fingerprint density at radius 2 is 1.26 bits per heavy atom. The zero-order chi connectivity index (χ0) is 26.9. The number of halogens is 5. The summed E-state index contributed by atoms with van der Waals surface area (Å²) in [6, 6.07) is 9.15. The Balaban J connectivity index is 1.06. The van der Waals surface area contributed by atoms with Crippen molar-refractivity contribution in [1.29, 1.82) is 0 Å². The highest BCUT2D eigenvalue weighted by molar-refractivity contribution is 5.26. The Morgan fingerprint density at radius 1 is 0.737 bits per heavy atom. The molecule has 0 aromatic heterocycles. The van der Waals surface area contributed by atoms with Gasteiger partial charge < -0.3 is 23.7 Å². The van der Waals surface area contributed by atoms with Gasteiger partial charge in [-0.15, -0.1) is 0 Å². The van der Waals surface area contributed by atoms with Gasteiger partial charge in [-0.2, -0.15) is 8.78 Å². The van der Waals surface area contributed by atoms with E-state index in [1.807, 2.05) is 6.92 Å². The number of hydrogen-bond donors (Lipinski definition) is 0. The average molecular weight is 543 g/mol. The van der Waals surface area contributed by atoms with Crippen molar-refractivity contribution < 1.29 is 45.6 Å². The molecule has 2 saturated heterocycles. The molecule has 1 aliphatic carbocycles. The van der Waals surface area contributed by atoms with Crippen molar-refractivity contribution in [3.8, 4) is 5.75 Å². The van der Waals surface area contributed by atoms with E-state index in [2.05, 4.69) is 29.0 Å². The molecule has 38 heavy (non-hydrogen) atoms. The van der Waals surface area contributed by atoms with E-state index in [0.717, 1.165) is 0 Å². The second kappa shape index (κ2) is 11.5. The molecule has 0 bridgehead atoms. The van der Waals surface area contributed by atoms with Gasteiger partial charge >= 0.3 is 6.11 Å². The van der Waals surface area contributed by atoms with E-state index < -0.39 is 47.8 Å². The third-order valence-corrected chi connectivity index (χ3v) is 7.65. The third-order valence-electron chi connectivity index (χ3n) is 7.65. The number of rotatable bonds is 6. The normalized spacial score (nSPS) is 30.7. The standard InChI is InChI=1S/C28H31F5O5/c1-16-2-4-17(5-3-16)19-12-34-27(35-13-19)20-14-36-26(37-15-20)18-6-8-21(9-7-18)28(32,33)38-22-10-23(29)25(31)24(30)11-22/h2-5,10-11,18-21,26-27H,6-9,12-15H2,1H3. The minimum Gasteiger partial charge on any atom is -0.432 e. The Hall–Kier alpha value is -2.27. The Bertz CT molecular complexity index is 1050. The number of benzene rings is 2.